The van der Waals surface area contributed by atoms with Crippen LogP contribution in [-0.2, 0) is 0 Å². The predicted molar refractivity (Wildman–Crippen MR) is 167 cm³/mol. The van der Waals surface area contributed by atoms with Crippen molar-refractivity contribution in [2.45, 2.75) is 12.8 Å². The zero-order valence-electron chi connectivity index (χ0n) is 21.7. The van der Waals surface area contributed by atoms with Gasteiger partial charge in [0.25, 0.3) is 0 Å². The van der Waals surface area contributed by atoms with Crippen LogP contribution in [-0.4, -0.2) is 0 Å². The average Bonchev–Trinajstić information content (AvgIpc) is 2.98. The summed E-state index contributed by atoms with van der Waals surface area (Å²) in [5.41, 5.74) is 9.49. The lowest BCUT2D eigenvalue weighted by molar-refractivity contribution is 1.06. The Balaban J connectivity index is 1.85. The minimum absolute atomic E-state index is 0.950. The van der Waals surface area contributed by atoms with Crippen LogP contribution in [0.25, 0.3) is 44.2 Å². The molecule has 0 N–H and O–H groups in total. The van der Waals surface area contributed by atoms with Gasteiger partial charge < -0.3 is 0 Å². The van der Waals surface area contributed by atoms with E-state index in [1.807, 2.05) is 12.2 Å². The van der Waals surface area contributed by atoms with E-state index in [4.69, 9.17) is 0 Å². The number of rotatable bonds is 6. The standard InChI is InChI=1S/C38H32/c1-3-4-17-29(2)33-22-13-5-6-14-23-35(31-20-11-8-12-21-31)37-27-26-32(28-38(33)37)36-25-16-15-24-34(36)30-18-9-7-10-19-30/h3-11,13-20,22-28H,1-2,12,21H2. The van der Waals surface area contributed by atoms with Crippen LogP contribution in [0.5, 0.6) is 0 Å². The number of benzene rings is 3. The van der Waals surface area contributed by atoms with Crippen LogP contribution in [0.1, 0.15) is 24.0 Å². The van der Waals surface area contributed by atoms with E-state index in [1.54, 1.807) is 6.08 Å². The summed E-state index contributed by atoms with van der Waals surface area (Å²) in [5.74, 6) is 0. The van der Waals surface area contributed by atoms with E-state index in [1.165, 1.54) is 44.2 Å². The maximum atomic E-state index is 4.45. The van der Waals surface area contributed by atoms with Gasteiger partial charge in [-0.1, -0.05) is 153 Å². The van der Waals surface area contributed by atoms with E-state index in [0.29, 0.717) is 0 Å². The number of allylic oxidation sites excluding steroid dienone is 8. The molecule has 0 aromatic heterocycles. The molecule has 4 aromatic rings. The van der Waals surface area contributed by atoms with E-state index in [2.05, 4.69) is 141 Å². The van der Waals surface area contributed by atoms with E-state index in [-0.39, 0.29) is 0 Å². The third-order valence-corrected chi connectivity index (χ3v) is 6.92. The van der Waals surface area contributed by atoms with Crippen molar-refractivity contribution < 1.29 is 0 Å². The van der Waals surface area contributed by atoms with E-state index >= 15 is 0 Å². The minimum Gasteiger partial charge on any atom is -0.0991 e. The monoisotopic (exact) mass is 488 g/mol. The first-order chi connectivity index (χ1) is 18.8. The van der Waals surface area contributed by atoms with Gasteiger partial charge in [-0.05, 0) is 74.2 Å². The Labute approximate surface area is 226 Å². The molecule has 0 nitrogen and oxygen atoms in total. The van der Waals surface area contributed by atoms with Crippen molar-refractivity contribution in [1.82, 2.24) is 0 Å². The van der Waals surface area contributed by atoms with Gasteiger partial charge in [0.2, 0.25) is 0 Å². The fraction of sp³-hybridized carbons (Fsp3) is 0.0526. The molecule has 0 bridgehead atoms. The van der Waals surface area contributed by atoms with Crippen LogP contribution in [0.2, 0.25) is 0 Å². The summed E-state index contributed by atoms with van der Waals surface area (Å²) in [6, 6.07) is 39.0. The minimum atomic E-state index is 0.950. The zero-order chi connectivity index (χ0) is 26.2. The lowest BCUT2D eigenvalue weighted by Crippen LogP contribution is -1.91. The molecule has 0 heteroatoms. The highest BCUT2D eigenvalue weighted by atomic mass is 14.2. The molecule has 184 valence electrons. The molecule has 38 heavy (non-hydrogen) atoms. The smallest absolute Gasteiger partial charge is 0.00933 e. The Morgan fingerprint density at radius 1 is 0.658 bits per heavy atom. The molecule has 0 unspecified atom stereocenters. The third kappa shape index (κ3) is 5.51. The normalized spacial score (nSPS) is 12.7. The molecule has 0 heterocycles. The van der Waals surface area contributed by atoms with Crippen molar-refractivity contribution in [2.24, 2.45) is 0 Å². The Morgan fingerprint density at radius 2 is 1.32 bits per heavy atom. The van der Waals surface area contributed by atoms with Gasteiger partial charge in [-0.25, -0.2) is 0 Å². The molecule has 0 saturated heterocycles. The maximum absolute atomic E-state index is 4.45. The summed E-state index contributed by atoms with van der Waals surface area (Å²) >= 11 is 0. The Morgan fingerprint density at radius 3 is 2.05 bits per heavy atom. The van der Waals surface area contributed by atoms with Gasteiger partial charge in [-0.15, -0.1) is 0 Å². The highest BCUT2D eigenvalue weighted by Crippen LogP contribution is 2.37. The summed E-state index contributed by atoms with van der Waals surface area (Å²) in [4.78, 5) is 0. The summed E-state index contributed by atoms with van der Waals surface area (Å²) in [6.45, 7) is 8.30. The molecule has 0 radical (unpaired) electrons. The van der Waals surface area contributed by atoms with Gasteiger partial charge in [-0.2, -0.15) is 0 Å². The van der Waals surface area contributed by atoms with E-state index in [0.717, 1.165) is 24.0 Å². The van der Waals surface area contributed by atoms with Gasteiger partial charge >= 0.3 is 0 Å². The fourth-order valence-electron chi connectivity index (χ4n) is 5.05. The summed E-state index contributed by atoms with van der Waals surface area (Å²) in [7, 11) is 0. The molecular weight excluding hydrogens is 456 g/mol. The van der Waals surface area contributed by atoms with Crippen molar-refractivity contribution in [2.75, 3.05) is 0 Å². The molecule has 0 atom stereocenters. The second-order valence-corrected chi connectivity index (χ2v) is 9.38. The van der Waals surface area contributed by atoms with E-state index < -0.39 is 0 Å². The third-order valence-electron chi connectivity index (χ3n) is 6.92. The molecule has 0 spiro atoms. The van der Waals surface area contributed by atoms with Crippen LogP contribution in [0.15, 0.2) is 159 Å². The molecule has 0 aliphatic heterocycles. The van der Waals surface area contributed by atoms with Crippen LogP contribution in [0.4, 0.5) is 0 Å². The largest absolute Gasteiger partial charge is 0.0991 e. The molecule has 1 aliphatic rings. The molecular formula is C38H32. The number of fused-ring (bicyclic) bond motifs is 1. The zero-order valence-corrected chi connectivity index (χ0v) is 21.7. The molecule has 0 amide bonds. The first-order valence-corrected chi connectivity index (χ1v) is 13.2. The summed E-state index contributed by atoms with van der Waals surface area (Å²) < 4.78 is 0. The highest BCUT2D eigenvalue weighted by molar-refractivity contribution is 6.02. The molecule has 4 aromatic carbocycles. The first-order valence-electron chi connectivity index (χ1n) is 13.2. The van der Waals surface area contributed by atoms with Crippen molar-refractivity contribution in [3.63, 3.8) is 0 Å². The van der Waals surface area contributed by atoms with Gasteiger partial charge in [0.1, 0.15) is 0 Å². The summed E-state index contributed by atoms with van der Waals surface area (Å²) in [5, 5.41) is 2.39. The van der Waals surface area contributed by atoms with Gasteiger partial charge in [0.05, 0.1) is 0 Å². The molecule has 0 saturated carbocycles. The number of hydrogen-bond donors (Lipinski definition) is 0. The highest BCUT2D eigenvalue weighted by Gasteiger charge is 2.12. The van der Waals surface area contributed by atoms with Crippen LogP contribution < -0.4 is 0 Å². The topological polar surface area (TPSA) is 0 Å². The van der Waals surface area contributed by atoms with E-state index in [9.17, 15) is 0 Å². The van der Waals surface area contributed by atoms with Gasteiger partial charge in [0.15, 0.2) is 0 Å². The molecule has 0 fully saturated rings. The van der Waals surface area contributed by atoms with Crippen molar-refractivity contribution >= 4 is 21.9 Å². The first kappa shape index (κ1) is 25.0. The second kappa shape index (κ2) is 12.0. The fourth-order valence-corrected chi connectivity index (χ4v) is 5.05. The molecule has 5 rings (SSSR count). The SMILES string of the molecule is C=CC=CC(=C)c1ccccccc(C2=CC=CCC2)c2ccc(-c3ccccc3-c3ccccc3)cc12. The molecule has 1 aliphatic carbocycles. The average molecular weight is 489 g/mol. The second-order valence-electron chi connectivity index (χ2n) is 9.38. The van der Waals surface area contributed by atoms with Crippen LogP contribution in [0.3, 0.4) is 0 Å². The van der Waals surface area contributed by atoms with Crippen molar-refractivity contribution in [1.29, 1.82) is 0 Å². The Bertz CT molecular complexity index is 1630. The Hall–Kier alpha value is -4.68. The van der Waals surface area contributed by atoms with Gasteiger partial charge in [-0.3, -0.25) is 0 Å². The lowest BCUT2D eigenvalue weighted by atomic mass is 9.89. The number of hydrogen-bond acceptors (Lipinski definition) is 0. The maximum Gasteiger partial charge on any atom is -0.00933 e. The predicted octanol–water partition coefficient (Wildman–Crippen LogP) is 10.8. The van der Waals surface area contributed by atoms with Crippen molar-refractivity contribution in [3.8, 4) is 22.3 Å². The van der Waals surface area contributed by atoms with Crippen LogP contribution in [0, 0.1) is 0 Å². The lowest BCUT2D eigenvalue weighted by Gasteiger charge is -2.15. The van der Waals surface area contributed by atoms with Crippen LogP contribution >= 0.6 is 0 Å². The Kier molecular flexibility index (Phi) is 7.92. The van der Waals surface area contributed by atoms with Crippen molar-refractivity contribution in [3.05, 3.63) is 170 Å². The van der Waals surface area contributed by atoms with Gasteiger partial charge in [0, 0.05) is 0 Å². The summed E-state index contributed by atoms with van der Waals surface area (Å²) in [6.07, 6.45) is 14.5. The quantitative estimate of drug-likeness (QED) is 0.237.